The fourth-order valence-electron chi connectivity index (χ4n) is 3.25. The quantitative estimate of drug-likeness (QED) is 0.793. The molecule has 112 valence electrons. The molecule has 0 aromatic heterocycles. The minimum atomic E-state index is -0.121. The van der Waals surface area contributed by atoms with Crippen molar-refractivity contribution in [3.8, 4) is 0 Å². The van der Waals surface area contributed by atoms with Crippen LogP contribution in [-0.2, 0) is 6.42 Å². The zero-order chi connectivity index (χ0) is 14.6. The second-order valence-electron chi connectivity index (χ2n) is 6.64. The number of hydrogen-bond donors (Lipinski definition) is 1. The molecule has 0 amide bonds. The molecule has 1 aliphatic rings. The van der Waals surface area contributed by atoms with E-state index in [9.17, 15) is 4.39 Å². The van der Waals surface area contributed by atoms with E-state index in [1.54, 1.807) is 12.1 Å². The largest absolute Gasteiger partial charge is 0.316 e. The lowest BCUT2D eigenvalue weighted by Gasteiger charge is -2.30. The Hall–Kier alpha value is -0.600. The van der Waals surface area contributed by atoms with Crippen LogP contribution in [0.1, 0.15) is 45.1 Å². The highest BCUT2D eigenvalue weighted by Gasteiger charge is 2.34. The maximum absolute atomic E-state index is 14.0. The van der Waals surface area contributed by atoms with Crippen LogP contribution in [-0.4, -0.2) is 13.1 Å². The Bertz CT molecular complexity index is 439. The summed E-state index contributed by atoms with van der Waals surface area (Å²) in [6.07, 6.45) is 5.68. The molecule has 1 aromatic carbocycles. The molecule has 1 saturated carbocycles. The lowest BCUT2D eigenvalue weighted by Crippen LogP contribution is -2.36. The summed E-state index contributed by atoms with van der Waals surface area (Å²) in [7, 11) is 0. The van der Waals surface area contributed by atoms with Gasteiger partial charge in [0.05, 0.1) is 0 Å². The SMILES string of the molecule is CC(C)CNCC1(Cc2cc(Cl)ccc2F)CCCC1. The third kappa shape index (κ3) is 4.20. The number of benzene rings is 1. The molecule has 20 heavy (non-hydrogen) atoms. The topological polar surface area (TPSA) is 12.0 Å². The van der Waals surface area contributed by atoms with Crippen LogP contribution in [0.2, 0.25) is 5.02 Å². The van der Waals surface area contributed by atoms with Crippen molar-refractivity contribution < 1.29 is 4.39 Å². The molecule has 0 atom stereocenters. The van der Waals surface area contributed by atoms with E-state index >= 15 is 0 Å². The smallest absolute Gasteiger partial charge is 0.126 e. The molecule has 0 spiro atoms. The normalized spacial score (nSPS) is 17.9. The van der Waals surface area contributed by atoms with Gasteiger partial charge in [0.1, 0.15) is 5.82 Å². The molecule has 1 aromatic rings. The summed E-state index contributed by atoms with van der Waals surface area (Å²) in [4.78, 5) is 0. The van der Waals surface area contributed by atoms with Gasteiger partial charge in [0.25, 0.3) is 0 Å². The number of rotatable bonds is 6. The van der Waals surface area contributed by atoms with Crippen molar-refractivity contribution in [2.75, 3.05) is 13.1 Å². The Morgan fingerprint density at radius 2 is 2.00 bits per heavy atom. The first-order valence-electron chi connectivity index (χ1n) is 7.65. The van der Waals surface area contributed by atoms with Crippen LogP contribution in [0.5, 0.6) is 0 Å². The van der Waals surface area contributed by atoms with Gasteiger partial charge in [-0.15, -0.1) is 0 Å². The number of halogens is 2. The standard InChI is InChI=1S/C17H25ClFN/c1-13(2)11-20-12-17(7-3-4-8-17)10-14-9-15(18)5-6-16(14)19/h5-6,9,13,20H,3-4,7-8,10-12H2,1-2H3. The molecule has 3 heteroatoms. The summed E-state index contributed by atoms with van der Waals surface area (Å²) >= 11 is 6.01. The second-order valence-corrected chi connectivity index (χ2v) is 7.08. The first-order valence-corrected chi connectivity index (χ1v) is 8.03. The van der Waals surface area contributed by atoms with Crippen LogP contribution in [0, 0.1) is 17.2 Å². The van der Waals surface area contributed by atoms with Gasteiger partial charge in [-0.3, -0.25) is 0 Å². The van der Waals surface area contributed by atoms with Gasteiger partial charge < -0.3 is 5.32 Å². The first-order chi connectivity index (χ1) is 9.51. The van der Waals surface area contributed by atoms with Crippen LogP contribution in [0.4, 0.5) is 4.39 Å². The van der Waals surface area contributed by atoms with Gasteiger partial charge in [-0.05, 0) is 60.9 Å². The van der Waals surface area contributed by atoms with Gasteiger partial charge in [0, 0.05) is 11.6 Å². The van der Waals surface area contributed by atoms with Gasteiger partial charge in [0.15, 0.2) is 0 Å². The lowest BCUT2D eigenvalue weighted by molar-refractivity contribution is 0.270. The summed E-state index contributed by atoms with van der Waals surface area (Å²) in [6, 6.07) is 4.90. The molecule has 0 aliphatic heterocycles. The highest BCUT2D eigenvalue weighted by Crippen LogP contribution is 2.41. The molecule has 1 fully saturated rings. The van der Waals surface area contributed by atoms with Gasteiger partial charge in [-0.2, -0.15) is 0 Å². The predicted octanol–water partition coefficient (Wildman–Crippen LogP) is 4.83. The molecule has 0 unspecified atom stereocenters. The summed E-state index contributed by atoms with van der Waals surface area (Å²) in [5.41, 5.74) is 0.978. The van der Waals surface area contributed by atoms with Crippen LogP contribution >= 0.6 is 11.6 Å². The third-order valence-electron chi connectivity index (χ3n) is 4.29. The molecule has 0 radical (unpaired) electrons. The summed E-state index contributed by atoms with van der Waals surface area (Å²) < 4.78 is 14.0. The first kappa shape index (κ1) is 15.8. The highest BCUT2D eigenvalue weighted by molar-refractivity contribution is 6.30. The molecular weight excluding hydrogens is 273 g/mol. The Balaban J connectivity index is 2.06. The molecular formula is C17H25ClFN. The average Bonchev–Trinajstić information content (AvgIpc) is 2.82. The summed E-state index contributed by atoms with van der Waals surface area (Å²) in [6.45, 7) is 6.44. The van der Waals surface area contributed by atoms with Crippen molar-refractivity contribution in [1.82, 2.24) is 5.32 Å². The van der Waals surface area contributed by atoms with Gasteiger partial charge in [0.2, 0.25) is 0 Å². The summed E-state index contributed by atoms with van der Waals surface area (Å²) in [5.74, 6) is 0.529. The van der Waals surface area contributed by atoms with E-state index in [0.717, 1.165) is 25.1 Å². The molecule has 0 bridgehead atoms. The lowest BCUT2D eigenvalue weighted by atomic mass is 9.79. The molecule has 1 aliphatic carbocycles. The van der Waals surface area contributed by atoms with Crippen molar-refractivity contribution in [1.29, 1.82) is 0 Å². The van der Waals surface area contributed by atoms with E-state index in [1.165, 1.54) is 31.7 Å². The van der Waals surface area contributed by atoms with Crippen molar-refractivity contribution in [3.63, 3.8) is 0 Å². The van der Waals surface area contributed by atoms with Crippen molar-refractivity contribution in [2.45, 2.75) is 46.0 Å². The number of hydrogen-bond acceptors (Lipinski definition) is 1. The van der Waals surface area contributed by atoms with Gasteiger partial charge in [-0.25, -0.2) is 4.39 Å². The fourth-order valence-corrected chi connectivity index (χ4v) is 3.44. The minimum absolute atomic E-state index is 0.121. The van der Waals surface area contributed by atoms with E-state index in [-0.39, 0.29) is 11.2 Å². The Morgan fingerprint density at radius 3 is 2.65 bits per heavy atom. The van der Waals surface area contributed by atoms with E-state index in [4.69, 9.17) is 11.6 Å². The van der Waals surface area contributed by atoms with Crippen LogP contribution < -0.4 is 5.32 Å². The van der Waals surface area contributed by atoms with Crippen LogP contribution in [0.15, 0.2) is 18.2 Å². The van der Waals surface area contributed by atoms with E-state index in [1.807, 2.05) is 0 Å². The van der Waals surface area contributed by atoms with E-state index in [0.29, 0.717) is 10.9 Å². The van der Waals surface area contributed by atoms with Crippen molar-refractivity contribution in [3.05, 3.63) is 34.6 Å². The van der Waals surface area contributed by atoms with Crippen molar-refractivity contribution in [2.24, 2.45) is 11.3 Å². The monoisotopic (exact) mass is 297 g/mol. The second kappa shape index (κ2) is 6.91. The fraction of sp³-hybridized carbons (Fsp3) is 0.647. The maximum Gasteiger partial charge on any atom is 0.126 e. The van der Waals surface area contributed by atoms with Crippen molar-refractivity contribution >= 4 is 11.6 Å². The summed E-state index contributed by atoms with van der Waals surface area (Å²) in [5, 5.41) is 4.20. The molecule has 0 heterocycles. The third-order valence-corrected chi connectivity index (χ3v) is 4.53. The van der Waals surface area contributed by atoms with Gasteiger partial charge >= 0.3 is 0 Å². The zero-order valence-corrected chi connectivity index (χ0v) is 13.3. The van der Waals surface area contributed by atoms with Crippen LogP contribution in [0.3, 0.4) is 0 Å². The molecule has 1 nitrogen and oxygen atoms in total. The number of nitrogens with one attached hydrogen (secondary N) is 1. The van der Waals surface area contributed by atoms with Gasteiger partial charge in [-0.1, -0.05) is 38.3 Å². The minimum Gasteiger partial charge on any atom is -0.316 e. The molecule has 0 saturated heterocycles. The van der Waals surface area contributed by atoms with E-state index < -0.39 is 0 Å². The van der Waals surface area contributed by atoms with E-state index in [2.05, 4.69) is 19.2 Å². The zero-order valence-electron chi connectivity index (χ0n) is 12.5. The predicted molar refractivity (Wildman–Crippen MR) is 83.7 cm³/mol. The maximum atomic E-state index is 14.0. The Kier molecular flexibility index (Phi) is 5.45. The average molecular weight is 298 g/mol. The van der Waals surface area contributed by atoms with Crippen LogP contribution in [0.25, 0.3) is 0 Å². The highest BCUT2D eigenvalue weighted by atomic mass is 35.5. The Labute approximate surface area is 126 Å². The Morgan fingerprint density at radius 1 is 1.30 bits per heavy atom. The molecule has 1 N–H and O–H groups in total. The molecule has 2 rings (SSSR count).